The summed E-state index contributed by atoms with van der Waals surface area (Å²) in [7, 11) is 0. The normalized spacial score (nSPS) is 10.7. The van der Waals surface area contributed by atoms with Crippen molar-refractivity contribution in [2.24, 2.45) is 17.8 Å². The quantitative estimate of drug-likeness (QED) is 0.720. The third kappa shape index (κ3) is 7.78. The van der Waals surface area contributed by atoms with Crippen LogP contribution in [0.3, 0.4) is 0 Å². The van der Waals surface area contributed by atoms with Gasteiger partial charge in [-0.25, -0.2) is 0 Å². The van der Waals surface area contributed by atoms with Crippen LogP contribution in [0.15, 0.2) is 0 Å². The minimum absolute atomic E-state index is 0. The van der Waals surface area contributed by atoms with Gasteiger partial charge < -0.3 is 10.6 Å². The maximum absolute atomic E-state index is 10.8. The first kappa shape index (κ1) is 14.9. The standard InChI is InChI=1S/C10H20O2.H2O/c1-7(2)5-9(10(11)12)6-8(3)4;/h7-9H,5-6H2,1-4H3,(H,11,12);1H2. The first-order valence-corrected chi connectivity index (χ1v) is 4.66. The highest BCUT2D eigenvalue weighted by atomic mass is 16.4. The van der Waals surface area contributed by atoms with Crippen LogP contribution < -0.4 is 0 Å². The Morgan fingerprint density at radius 2 is 1.38 bits per heavy atom. The van der Waals surface area contributed by atoms with Gasteiger partial charge in [0.2, 0.25) is 0 Å². The number of carboxylic acid groups (broad SMARTS) is 1. The highest BCUT2D eigenvalue weighted by Crippen LogP contribution is 2.19. The number of hydrogen-bond acceptors (Lipinski definition) is 1. The molecule has 0 unspecified atom stereocenters. The summed E-state index contributed by atoms with van der Waals surface area (Å²) < 4.78 is 0. The fraction of sp³-hybridized carbons (Fsp3) is 0.900. The van der Waals surface area contributed by atoms with Crippen molar-refractivity contribution in [3.8, 4) is 0 Å². The fourth-order valence-electron chi connectivity index (χ4n) is 1.44. The van der Waals surface area contributed by atoms with E-state index in [2.05, 4.69) is 27.7 Å². The number of hydrogen-bond donors (Lipinski definition) is 1. The largest absolute Gasteiger partial charge is 0.481 e. The number of carboxylic acids is 1. The van der Waals surface area contributed by atoms with Crippen LogP contribution in [0.25, 0.3) is 0 Å². The number of carbonyl (C=O) groups is 1. The average Bonchev–Trinajstić information content (AvgIpc) is 1.83. The Morgan fingerprint density at radius 3 is 1.54 bits per heavy atom. The van der Waals surface area contributed by atoms with Crippen LogP contribution in [0.1, 0.15) is 40.5 Å². The average molecular weight is 190 g/mol. The molecule has 13 heavy (non-hydrogen) atoms. The lowest BCUT2D eigenvalue weighted by Gasteiger charge is -2.16. The van der Waals surface area contributed by atoms with Gasteiger partial charge in [0, 0.05) is 0 Å². The molecule has 0 atom stereocenters. The van der Waals surface area contributed by atoms with E-state index in [4.69, 9.17) is 5.11 Å². The molecule has 3 nitrogen and oxygen atoms in total. The zero-order valence-electron chi connectivity index (χ0n) is 9.00. The lowest BCUT2D eigenvalue weighted by atomic mass is 9.90. The monoisotopic (exact) mass is 190 g/mol. The Labute approximate surface area is 80.5 Å². The molecule has 0 radical (unpaired) electrons. The molecule has 0 rings (SSSR count). The molecule has 0 fully saturated rings. The van der Waals surface area contributed by atoms with Crippen molar-refractivity contribution in [2.75, 3.05) is 0 Å². The summed E-state index contributed by atoms with van der Waals surface area (Å²) in [6.45, 7) is 8.26. The highest BCUT2D eigenvalue weighted by Gasteiger charge is 2.19. The Balaban J connectivity index is 0. The van der Waals surface area contributed by atoms with Crippen molar-refractivity contribution in [1.82, 2.24) is 0 Å². The minimum atomic E-state index is -0.641. The van der Waals surface area contributed by atoms with E-state index in [1.807, 2.05) is 0 Å². The first-order chi connectivity index (χ1) is 5.43. The van der Waals surface area contributed by atoms with Gasteiger partial charge in [0.1, 0.15) is 0 Å². The zero-order valence-corrected chi connectivity index (χ0v) is 9.00. The van der Waals surface area contributed by atoms with Gasteiger partial charge in [-0.15, -0.1) is 0 Å². The van der Waals surface area contributed by atoms with Crippen LogP contribution >= 0.6 is 0 Å². The lowest BCUT2D eigenvalue weighted by Crippen LogP contribution is -2.17. The molecule has 0 aromatic carbocycles. The topological polar surface area (TPSA) is 68.8 Å². The molecular weight excluding hydrogens is 168 g/mol. The van der Waals surface area contributed by atoms with E-state index in [0.717, 1.165) is 12.8 Å². The van der Waals surface area contributed by atoms with Gasteiger partial charge >= 0.3 is 5.97 Å². The summed E-state index contributed by atoms with van der Waals surface area (Å²) in [5.74, 6) is 0.164. The van der Waals surface area contributed by atoms with E-state index < -0.39 is 5.97 Å². The Bertz CT molecular complexity index is 131. The summed E-state index contributed by atoms with van der Waals surface area (Å²) in [4.78, 5) is 10.8. The third-order valence-corrected chi connectivity index (χ3v) is 1.86. The van der Waals surface area contributed by atoms with Gasteiger partial charge in [-0.1, -0.05) is 27.7 Å². The van der Waals surface area contributed by atoms with Crippen LogP contribution in [0.5, 0.6) is 0 Å². The summed E-state index contributed by atoms with van der Waals surface area (Å²) in [5, 5.41) is 8.87. The van der Waals surface area contributed by atoms with Crippen molar-refractivity contribution in [3.05, 3.63) is 0 Å². The summed E-state index contributed by atoms with van der Waals surface area (Å²) in [6.07, 6.45) is 1.60. The van der Waals surface area contributed by atoms with E-state index in [1.54, 1.807) is 0 Å². The fourth-order valence-corrected chi connectivity index (χ4v) is 1.44. The van der Waals surface area contributed by atoms with Crippen molar-refractivity contribution >= 4 is 5.97 Å². The molecule has 0 saturated heterocycles. The minimum Gasteiger partial charge on any atom is -0.481 e. The molecule has 0 heterocycles. The molecular formula is C10H22O3. The molecule has 0 aliphatic rings. The van der Waals surface area contributed by atoms with Crippen LogP contribution in [0.2, 0.25) is 0 Å². The molecule has 0 aromatic rings. The Morgan fingerprint density at radius 1 is 1.08 bits per heavy atom. The number of aliphatic carboxylic acids is 1. The van der Waals surface area contributed by atoms with Crippen LogP contribution in [0.4, 0.5) is 0 Å². The molecule has 0 spiro atoms. The van der Waals surface area contributed by atoms with E-state index >= 15 is 0 Å². The van der Waals surface area contributed by atoms with E-state index in [-0.39, 0.29) is 11.4 Å². The summed E-state index contributed by atoms with van der Waals surface area (Å²) >= 11 is 0. The SMILES string of the molecule is CC(C)CC(CC(C)C)C(=O)O.O. The van der Waals surface area contributed by atoms with E-state index in [1.165, 1.54) is 0 Å². The van der Waals surface area contributed by atoms with Crippen molar-refractivity contribution in [3.63, 3.8) is 0 Å². The summed E-state index contributed by atoms with van der Waals surface area (Å²) in [6, 6.07) is 0. The lowest BCUT2D eigenvalue weighted by molar-refractivity contribution is -0.142. The molecule has 0 bridgehead atoms. The molecule has 80 valence electrons. The number of rotatable bonds is 5. The van der Waals surface area contributed by atoms with E-state index in [9.17, 15) is 4.79 Å². The molecule has 0 amide bonds. The van der Waals surface area contributed by atoms with Gasteiger partial charge in [0.05, 0.1) is 5.92 Å². The molecule has 0 aliphatic heterocycles. The Kier molecular flexibility index (Phi) is 7.92. The van der Waals surface area contributed by atoms with Gasteiger partial charge in [0.25, 0.3) is 0 Å². The molecule has 3 heteroatoms. The van der Waals surface area contributed by atoms with Gasteiger partial charge in [-0.3, -0.25) is 4.79 Å². The zero-order chi connectivity index (χ0) is 9.72. The van der Waals surface area contributed by atoms with Crippen LogP contribution in [0, 0.1) is 17.8 Å². The van der Waals surface area contributed by atoms with Gasteiger partial charge in [0.15, 0.2) is 0 Å². The first-order valence-electron chi connectivity index (χ1n) is 4.66. The van der Waals surface area contributed by atoms with Gasteiger partial charge in [-0.05, 0) is 24.7 Å². The predicted octanol–water partition coefficient (Wildman–Crippen LogP) is 1.95. The van der Waals surface area contributed by atoms with Crippen LogP contribution in [-0.4, -0.2) is 16.6 Å². The molecule has 3 N–H and O–H groups in total. The maximum atomic E-state index is 10.8. The van der Waals surface area contributed by atoms with Crippen molar-refractivity contribution in [1.29, 1.82) is 0 Å². The Hall–Kier alpha value is -0.570. The second kappa shape index (κ2) is 6.89. The molecule has 0 aromatic heterocycles. The third-order valence-electron chi connectivity index (χ3n) is 1.86. The predicted molar refractivity (Wildman–Crippen MR) is 53.6 cm³/mol. The van der Waals surface area contributed by atoms with E-state index in [0.29, 0.717) is 11.8 Å². The molecule has 0 aliphatic carbocycles. The van der Waals surface area contributed by atoms with Crippen molar-refractivity contribution in [2.45, 2.75) is 40.5 Å². The highest BCUT2D eigenvalue weighted by molar-refractivity contribution is 5.69. The van der Waals surface area contributed by atoms with Crippen LogP contribution in [-0.2, 0) is 4.79 Å². The van der Waals surface area contributed by atoms with Gasteiger partial charge in [-0.2, -0.15) is 0 Å². The maximum Gasteiger partial charge on any atom is 0.306 e. The summed E-state index contributed by atoms with van der Waals surface area (Å²) in [5.41, 5.74) is 0. The second-order valence-electron chi connectivity index (χ2n) is 4.29. The smallest absolute Gasteiger partial charge is 0.306 e. The van der Waals surface area contributed by atoms with Crippen molar-refractivity contribution < 1.29 is 15.4 Å². The second-order valence-corrected chi connectivity index (χ2v) is 4.29. The molecule has 0 saturated carbocycles.